The number of anilines is 3. The second-order valence-electron chi connectivity index (χ2n) is 3.92. The van der Waals surface area contributed by atoms with E-state index in [9.17, 15) is 0 Å². The molecule has 18 heavy (non-hydrogen) atoms. The number of nitrogens with one attached hydrogen (secondary N) is 1. The van der Waals surface area contributed by atoms with Crippen molar-refractivity contribution in [3.63, 3.8) is 0 Å². The van der Waals surface area contributed by atoms with Gasteiger partial charge in [0.05, 0.1) is 17.3 Å². The van der Waals surface area contributed by atoms with Gasteiger partial charge in [0.2, 0.25) is 0 Å². The largest absolute Gasteiger partial charge is 0.496 e. The molecule has 0 spiro atoms. The minimum atomic E-state index is 0.627. The fourth-order valence-electron chi connectivity index (χ4n) is 1.58. The molecule has 0 unspecified atom stereocenters. The van der Waals surface area contributed by atoms with Gasteiger partial charge in [0, 0.05) is 11.9 Å². The lowest BCUT2D eigenvalue weighted by Crippen LogP contribution is -1.99. The van der Waals surface area contributed by atoms with E-state index in [0.29, 0.717) is 11.5 Å². The normalized spacial score (nSPS) is 10.2. The van der Waals surface area contributed by atoms with E-state index >= 15 is 0 Å². The van der Waals surface area contributed by atoms with Crippen molar-refractivity contribution in [3.8, 4) is 5.75 Å². The smallest absolute Gasteiger partial charge is 0.153 e. The summed E-state index contributed by atoms with van der Waals surface area (Å²) in [7, 11) is 1.63. The maximum atomic E-state index is 5.90. The summed E-state index contributed by atoms with van der Waals surface area (Å²) in [4.78, 5) is 4.26. The van der Waals surface area contributed by atoms with Crippen molar-refractivity contribution in [3.05, 3.63) is 40.5 Å². The lowest BCUT2D eigenvalue weighted by atomic mass is 10.2. The maximum absolute atomic E-state index is 5.90. The molecule has 0 saturated carbocycles. The van der Waals surface area contributed by atoms with Crippen LogP contribution in [-0.4, -0.2) is 12.1 Å². The van der Waals surface area contributed by atoms with Gasteiger partial charge in [-0.15, -0.1) is 0 Å². The van der Waals surface area contributed by atoms with Gasteiger partial charge in [-0.2, -0.15) is 0 Å². The van der Waals surface area contributed by atoms with Gasteiger partial charge in [0.15, 0.2) is 5.82 Å². The molecule has 2 aromatic rings. The summed E-state index contributed by atoms with van der Waals surface area (Å²) in [5.41, 5.74) is 8.46. The second kappa shape index (κ2) is 5.27. The van der Waals surface area contributed by atoms with E-state index in [1.54, 1.807) is 13.3 Å². The summed E-state index contributed by atoms with van der Waals surface area (Å²) in [6, 6.07) is 7.58. The van der Waals surface area contributed by atoms with Gasteiger partial charge in [0.25, 0.3) is 0 Å². The number of hydrogen-bond donors (Lipinski definition) is 2. The van der Waals surface area contributed by atoms with Crippen LogP contribution in [-0.2, 0) is 0 Å². The highest BCUT2D eigenvalue weighted by Gasteiger charge is 2.04. The molecule has 1 aromatic heterocycles. The first-order valence-electron chi connectivity index (χ1n) is 5.43. The molecule has 4 nitrogen and oxygen atoms in total. The summed E-state index contributed by atoms with van der Waals surface area (Å²) < 4.78 is 6.05. The van der Waals surface area contributed by atoms with Gasteiger partial charge in [-0.1, -0.05) is 0 Å². The van der Waals surface area contributed by atoms with Gasteiger partial charge in [-0.3, -0.25) is 0 Å². The van der Waals surface area contributed by atoms with E-state index in [4.69, 9.17) is 10.5 Å². The van der Waals surface area contributed by atoms with Gasteiger partial charge in [-0.25, -0.2) is 4.98 Å². The standard InChI is InChI=1S/C13H14BrN3O/c1-8-5-11(15)13(16-7-8)17-9-3-4-12(18-2)10(14)6-9/h3-7H,15H2,1-2H3,(H,16,17). The lowest BCUT2D eigenvalue weighted by molar-refractivity contribution is 0.412. The first-order valence-corrected chi connectivity index (χ1v) is 6.22. The average Bonchev–Trinajstić information content (AvgIpc) is 2.33. The Kier molecular flexibility index (Phi) is 3.72. The predicted molar refractivity (Wildman–Crippen MR) is 77.4 cm³/mol. The van der Waals surface area contributed by atoms with Crippen LogP contribution in [0, 0.1) is 6.92 Å². The summed E-state index contributed by atoms with van der Waals surface area (Å²) >= 11 is 3.43. The zero-order valence-corrected chi connectivity index (χ0v) is 11.8. The Hall–Kier alpha value is -1.75. The van der Waals surface area contributed by atoms with E-state index in [1.165, 1.54) is 0 Å². The number of nitrogens with zero attached hydrogens (tertiary/aromatic N) is 1. The van der Waals surface area contributed by atoms with Crippen LogP contribution in [0.4, 0.5) is 17.2 Å². The number of hydrogen-bond acceptors (Lipinski definition) is 4. The first kappa shape index (κ1) is 12.7. The van der Waals surface area contributed by atoms with Crippen molar-refractivity contribution in [1.29, 1.82) is 0 Å². The highest BCUT2D eigenvalue weighted by molar-refractivity contribution is 9.10. The molecule has 0 aliphatic rings. The monoisotopic (exact) mass is 307 g/mol. The van der Waals surface area contributed by atoms with Crippen molar-refractivity contribution in [2.24, 2.45) is 0 Å². The Labute approximate surface area is 114 Å². The third-order valence-electron chi connectivity index (χ3n) is 2.47. The molecule has 0 atom stereocenters. The number of nitrogens with two attached hydrogens (primary N) is 1. The van der Waals surface area contributed by atoms with Gasteiger partial charge in [-0.05, 0) is 52.7 Å². The molecule has 0 fully saturated rings. The summed E-state index contributed by atoms with van der Waals surface area (Å²) in [5, 5.41) is 3.17. The average molecular weight is 308 g/mol. The van der Waals surface area contributed by atoms with E-state index in [0.717, 1.165) is 21.5 Å². The van der Waals surface area contributed by atoms with Gasteiger partial charge in [0.1, 0.15) is 5.75 Å². The van der Waals surface area contributed by atoms with Gasteiger partial charge < -0.3 is 15.8 Å². The lowest BCUT2D eigenvalue weighted by Gasteiger charge is -2.10. The Morgan fingerprint density at radius 2 is 2.11 bits per heavy atom. The first-order chi connectivity index (χ1) is 8.60. The van der Waals surface area contributed by atoms with Crippen LogP contribution >= 0.6 is 15.9 Å². The fourth-order valence-corrected chi connectivity index (χ4v) is 2.12. The van der Waals surface area contributed by atoms with E-state index in [1.807, 2.05) is 31.2 Å². The highest BCUT2D eigenvalue weighted by atomic mass is 79.9. The molecular formula is C13H14BrN3O. The summed E-state index contributed by atoms with van der Waals surface area (Å²) in [6.07, 6.45) is 1.78. The number of ether oxygens (including phenoxy) is 1. The molecule has 0 bridgehead atoms. The van der Waals surface area contributed by atoms with Crippen LogP contribution in [0.3, 0.4) is 0 Å². The molecule has 1 aromatic carbocycles. The topological polar surface area (TPSA) is 60.2 Å². The van der Waals surface area contributed by atoms with Gasteiger partial charge >= 0.3 is 0 Å². The number of aromatic nitrogens is 1. The Morgan fingerprint density at radius 1 is 1.33 bits per heavy atom. The predicted octanol–water partition coefficient (Wildman–Crippen LogP) is 3.49. The van der Waals surface area contributed by atoms with Crippen molar-refractivity contribution >= 4 is 33.1 Å². The van der Waals surface area contributed by atoms with Crippen LogP contribution in [0.5, 0.6) is 5.75 Å². The molecule has 0 amide bonds. The van der Waals surface area contributed by atoms with Crippen molar-refractivity contribution < 1.29 is 4.74 Å². The van der Waals surface area contributed by atoms with Crippen LogP contribution < -0.4 is 15.8 Å². The Morgan fingerprint density at radius 3 is 2.72 bits per heavy atom. The SMILES string of the molecule is COc1ccc(Nc2ncc(C)cc2N)cc1Br. The number of nitrogen functional groups attached to an aromatic ring is 1. The zero-order chi connectivity index (χ0) is 13.1. The molecule has 0 aliphatic carbocycles. The van der Waals surface area contributed by atoms with Crippen LogP contribution in [0.25, 0.3) is 0 Å². The molecule has 0 radical (unpaired) electrons. The van der Waals surface area contributed by atoms with Crippen LogP contribution in [0.2, 0.25) is 0 Å². The highest BCUT2D eigenvalue weighted by Crippen LogP contribution is 2.30. The number of methoxy groups -OCH3 is 1. The number of halogens is 1. The van der Waals surface area contributed by atoms with E-state index in [-0.39, 0.29) is 0 Å². The van der Waals surface area contributed by atoms with Crippen molar-refractivity contribution in [2.45, 2.75) is 6.92 Å². The minimum Gasteiger partial charge on any atom is -0.496 e. The summed E-state index contributed by atoms with van der Waals surface area (Å²) in [6.45, 7) is 1.96. The van der Waals surface area contributed by atoms with Crippen LogP contribution in [0.15, 0.2) is 34.9 Å². The van der Waals surface area contributed by atoms with Crippen molar-refractivity contribution in [1.82, 2.24) is 4.98 Å². The molecule has 0 saturated heterocycles. The van der Waals surface area contributed by atoms with E-state index in [2.05, 4.69) is 26.2 Å². The second-order valence-corrected chi connectivity index (χ2v) is 4.78. The molecule has 94 valence electrons. The summed E-state index contributed by atoms with van der Waals surface area (Å²) in [5.74, 6) is 1.43. The molecule has 0 aliphatic heterocycles. The third-order valence-corrected chi connectivity index (χ3v) is 3.09. The molecular weight excluding hydrogens is 294 g/mol. The Balaban J connectivity index is 2.26. The molecule has 1 heterocycles. The molecule has 5 heteroatoms. The van der Waals surface area contributed by atoms with Crippen LogP contribution in [0.1, 0.15) is 5.56 Å². The molecule has 3 N–H and O–H groups in total. The fraction of sp³-hybridized carbons (Fsp3) is 0.154. The maximum Gasteiger partial charge on any atom is 0.153 e. The number of aryl methyl sites for hydroxylation is 1. The quantitative estimate of drug-likeness (QED) is 0.911. The number of pyridine rings is 1. The van der Waals surface area contributed by atoms with E-state index < -0.39 is 0 Å². The number of rotatable bonds is 3. The zero-order valence-electron chi connectivity index (χ0n) is 10.2. The number of benzene rings is 1. The third kappa shape index (κ3) is 2.73. The minimum absolute atomic E-state index is 0.627. The van der Waals surface area contributed by atoms with Crippen molar-refractivity contribution in [2.75, 3.05) is 18.2 Å². The molecule has 2 rings (SSSR count). The Bertz CT molecular complexity index is 572.